The Balaban J connectivity index is 1.84. The molecule has 3 unspecified atom stereocenters. The van der Waals surface area contributed by atoms with E-state index >= 15 is 0 Å². The lowest BCUT2D eigenvalue weighted by Gasteiger charge is -2.20. The molecule has 0 radical (unpaired) electrons. The summed E-state index contributed by atoms with van der Waals surface area (Å²) in [5.41, 5.74) is 0.944. The summed E-state index contributed by atoms with van der Waals surface area (Å²) in [7, 11) is 0. The second-order valence-electron chi connectivity index (χ2n) is 6.17. The molecule has 2 N–H and O–H groups in total. The SMILES string of the molecule is CC(C)Oc1ccc(C(O)CNC2CCCC2C)cc1. The maximum absolute atomic E-state index is 10.2. The highest BCUT2D eigenvalue weighted by molar-refractivity contribution is 5.28. The maximum Gasteiger partial charge on any atom is 0.119 e. The third-order valence-electron chi connectivity index (χ3n) is 4.07. The van der Waals surface area contributed by atoms with Crippen LogP contribution >= 0.6 is 0 Å². The molecule has 0 aromatic heterocycles. The molecule has 0 spiro atoms. The van der Waals surface area contributed by atoms with Gasteiger partial charge in [-0.2, -0.15) is 0 Å². The van der Waals surface area contributed by atoms with Crippen molar-refractivity contribution in [2.24, 2.45) is 5.92 Å². The van der Waals surface area contributed by atoms with E-state index in [0.717, 1.165) is 17.2 Å². The second-order valence-corrected chi connectivity index (χ2v) is 6.17. The Hall–Kier alpha value is -1.06. The summed E-state index contributed by atoms with van der Waals surface area (Å²) >= 11 is 0. The minimum absolute atomic E-state index is 0.177. The molecule has 2 rings (SSSR count). The normalized spacial score (nSPS) is 24.1. The maximum atomic E-state index is 10.2. The second kappa shape index (κ2) is 7.09. The fraction of sp³-hybridized carbons (Fsp3) is 0.647. The molecule has 0 heterocycles. The van der Waals surface area contributed by atoms with Gasteiger partial charge in [0.05, 0.1) is 12.2 Å². The van der Waals surface area contributed by atoms with Gasteiger partial charge in [-0.05, 0) is 50.3 Å². The highest BCUT2D eigenvalue weighted by Gasteiger charge is 2.23. The quantitative estimate of drug-likeness (QED) is 0.838. The van der Waals surface area contributed by atoms with Crippen LogP contribution in [0.15, 0.2) is 24.3 Å². The van der Waals surface area contributed by atoms with Gasteiger partial charge < -0.3 is 15.2 Å². The van der Waals surface area contributed by atoms with Gasteiger partial charge in [-0.15, -0.1) is 0 Å². The molecule has 3 nitrogen and oxygen atoms in total. The van der Waals surface area contributed by atoms with Gasteiger partial charge in [0.15, 0.2) is 0 Å². The Kier molecular flexibility index (Phi) is 5.44. The van der Waals surface area contributed by atoms with Crippen LogP contribution in [-0.4, -0.2) is 23.8 Å². The summed E-state index contributed by atoms with van der Waals surface area (Å²) in [6.45, 7) is 6.93. The van der Waals surface area contributed by atoms with Gasteiger partial charge in [0, 0.05) is 12.6 Å². The molecule has 3 heteroatoms. The summed E-state index contributed by atoms with van der Waals surface area (Å²) in [6, 6.07) is 8.31. The van der Waals surface area contributed by atoms with Gasteiger partial charge in [-0.25, -0.2) is 0 Å². The van der Waals surface area contributed by atoms with Gasteiger partial charge >= 0.3 is 0 Å². The average molecular weight is 277 g/mol. The van der Waals surface area contributed by atoms with E-state index in [4.69, 9.17) is 4.74 Å². The molecule has 1 saturated carbocycles. The fourth-order valence-electron chi connectivity index (χ4n) is 2.87. The number of aliphatic hydroxyl groups is 1. The van der Waals surface area contributed by atoms with E-state index in [1.807, 2.05) is 38.1 Å². The molecule has 0 bridgehead atoms. The Morgan fingerprint density at radius 1 is 1.25 bits per heavy atom. The van der Waals surface area contributed by atoms with Crippen molar-refractivity contribution in [1.29, 1.82) is 0 Å². The third-order valence-corrected chi connectivity index (χ3v) is 4.07. The summed E-state index contributed by atoms with van der Waals surface area (Å²) < 4.78 is 5.61. The zero-order valence-corrected chi connectivity index (χ0v) is 12.8. The largest absolute Gasteiger partial charge is 0.491 e. The predicted molar refractivity (Wildman–Crippen MR) is 82.0 cm³/mol. The molecule has 1 fully saturated rings. The third kappa shape index (κ3) is 4.22. The Morgan fingerprint density at radius 3 is 2.50 bits per heavy atom. The van der Waals surface area contributed by atoms with Gasteiger partial charge in [0.1, 0.15) is 5.75 Å². The fourth-order valence-corrected chi connectivity index (χ4v) is 2.87. The van der Waals surface area contributed by atoms with E-state index in [-0.39, 0.29) is 6.10 Å². The van der Waals surface area contributed by atoms with E-state index in [9.17, 15) is 5.11 Å². The number of rotatable bonds is 6. The van der Waals surface area contributed by atoms with Gasteiger partial charge in [0.2, 0.25) is 0 Å². The summed E-state index contributed by atoms with van der Waals surface area (Å²) in [5, 5.41) is 13.7. The lowest BCUT2D eigenvalue weighted by atomic mass is 10.1. The zero-order chi connectivity index (χ0) is 14.5. The molecule has 1 aliphatic rings. The van der Waals surface area contributed by atoms with E-state index < -0.39 is 6.10 Å². The van der Waals surface area contributed by atoms with Crippen molar-refractivity contribution in [3.05, 3.63) is 29.8 Å². The van der Waals surface area contributed by atoms with Crippen LogP contribution in [0.2, 0.25) is 0 Å². The van der Waals surface area contributed by atoms with Crippen molar-refractivity contribution in [2.45, 2.75) is 58.3 Å². The molecule has 0 aliphatic heterocycles. The number of benzene rings is 1. The zero-order valence-electron chi connectivity index (χ0n) is 12.8. The lowest BCUT2D eigenvalue weighted by molar-refractivity contribution is 0.166. The lowest BCUT2D eigenvalue weighted by Crippen LogP contribution is -2.34. The van der Waals surface area contributed by atoms with E-state index in [1.165, 1.54) is 19.3 Å². The molecule has 1 aromatic rings. The summed E-state index contributed by atoms with van der Waals surface area (Å²) in [4.78, 5) is 0. The highest BCUT2D eigenvalue weighted by Crippen LogP contribution is 2.25. The van der Waals surface area contributed by atoms with Crippen molar-refractivity contribution < 1.29 is 9.84 Å². The monoisotopic (exact) mass is 277 g/mol. The average Bonchev–Trinajstić information content (AvgIpc) is 2.82. The highest BCUT2D eigenvalue weighted by atomic mass is 16.5. The summed E-state index contributed by atoms with van der Waals surface area (Å²) in [6.07, 6.45) is 3.56. The topological polar surface area (TPSA) is 41.5 Å². The van der Waals surface area contributed by atoms with Crippen molar-refractivity contribution in [3.8, 4) is 5.75 Å². The van der Waals surface area contributed by atoms with E-state index in [2.05, 4.69) is 12.2 Å². The van der Waals surface area contributed by atoms with Crippen LogP contribution in [0.25, 0.3) is 0 Å². The Labute approximate surface area is 122 Å². The minimum Gasteiger partial charge on any atom is -0.491 e. The predicted octanol–water partition coefficient (Wildman–Crippen LogP) is 3.29. The van der Waals surface area contributed by atoms with E-state index in [0.29, 0.717) is 12.6 Å². The van der Waals surface area contributed by atoms with Crippen molar-refractivity contribution >= 4 is 0 Å². The number of ether oxygens (including phenoxy) is 1. The van der Waals surface area contributed by atoms with Crippen LogP contribution in [0, 0.1) is 5.92 Å². The first-order chi connectivity index (χ1) is 9.56. The summed E-state index contributed by atoms with van der Waals surface area (Å²) in [5.74, 6) is 1.58. The van der Waals surface area contributed by atoms with Gasteiger partial charge in [-0.3, -0.25) is 0 Å². The molecule has 0 amide bonds. The number of hydrogen-bond acceptors (Lipinski definition) is 3. The minimum atomic E-state index is -0.448. The van der Waals surface area contributed by atoms with Gasteiger partial charge in [0.25, 0.3) is 0 Å². The molecular formula is C17H27NO2. The van der Waals surface area contributed by atoms with Crippen LogP contribution in [-0.2, 0) is 0 Å². The smallest absolute Gasteiger partial charge is 0.119 e. The molecule has 1 aliphatic carbocycles. The molecule has 0 saturated heterocycles. The van der Waals surface area contributed by atoms with Crippen LogP contribution in [0.4, 0.5) is 0 Å². The van der Waals surface area contributed by atoms with Gasteiger partial charge in [-0.1, -0.05) is 25.5 Å². The van der Waals surface area contributed by atoms with Crippen molar-refractivity contribution in [1.82, 2.24) is 5.32 Å². The van der Waals surface area contributed by atoms with Crippen LogP contribution in [0.3, 0.4) is 0 Å². The first-order valence-electron chi connectivity index (χ1n) is 7.74. The molecule has 112 valence electrons. The standard InChI is InChI=1S/C17H27NO2/c1-12(2)20-15-9-7-14(8-10-15)17(19)11-18-16-6-4-5-13(16)3/h7-10,12-13,16-19H,4-6,11H2,1-3H3. The molecule has 20 heavy (non-hydrogen) atoms. The first-order valence-corrected chi connectivity index (χ1v) is 7.74. The number of aliphatic hydroxyl groups excluding tert-OH is 1. The van der Waals surface area contributed by atoms with E-state index in [1.54, 1.807) is 0 Å². The molecular weight excluding hydrogens is 250 g/mol. The molecule has 1 aromatic carbocycles. The Morgan fingerprint density at radius 2 is 1.95 bits per heavy atom. The van der Waals surface area contributed by atoms with Crippen molar-refractivity contribution in [2.75, 3.05) is 6.54 Å². The number of hydrogen-bond donors (Lipinski definition) is 2. The van der Waals surface area contributed by atoms with Crippen molar-refractivity contribution in [3.63, 3.8) is 0 Å². The first kappa shape index (κ1) is 15.3. The van der Waals surface area contributed by atoms with Crippen LogP contribution in [0.1, 0.15) is 51.7 Å². The Bertz CT molecular complexity index is 402. The number of nitrogens with one attached hydrogen (secondary N) is 1. The molecule has 3 atom stereocenters. The van der Waals surface area contributed by atoms with Crippen LogP contribution in [0.5, 0.6) is 5.75 Å². The van der Waals surface area contributed by atoms with Crippen LogP contribution < -0.4 is 10.1 Å².